The highest BCUT2D eigenvalue weighted by molar-refractivity contribution is 5.79. The summed E-state index contributed by atoms with van der Waals surface area (Å²) in [5.41, 5.74) is 1.26. The Morgan fingerprint density at radius 1 is 1.07 bits per heavy atom. The normalized spacial score (nSPS) is 27.6. The van der Waals surface area contributed by atoms with Gasteiger partial charge in [0.25, 0.3) is 0 Å². The Morgan fingerprint density at radius 2 is 1.89 bits per heavy atom. The van der Waals surface area contributed by atoms with E-state index < -0.39 is 0 Å². The fraction of sp³-hybridized carbons (Fsp3) is 0.609. The lowest BCUT2D eigenvalue weighted by molar-refractivity contribution is -0.145. The first kappa shape index (κ1) is 18.7. The molecule has 0 unspecified atom stereocenters. The minimum Gasteiger partial charge on any atom is -0.381 e. The topological polar surface area (TPSA) is 32.8 Å². The van der Waals surface area contributed by atoms with Gasteiger partial charge in [-0.1, -0.05) is 42.5 Å². The highest BCUT2D eigenvalue weighted by Crippen LogP contribution is 2.32. The molecule has 3 fully saturated rings. The van der Waals surface area contributed by atoms with E-state index in [4.69, 9.17) is 4.74 Å². The van der Waals surface area contributed by atoms with E-state index in [1.807, 2.05) is 0 Å². The van der Waals surface area contributed by atoms with Crippen molar-refractivity contribution in [2.24, 2.45) is 11.8 Å². The largest absolute Gasteiger partial charge is 0.381 e. The molecule has 146 valence electrons. The monoisotopic (exact) mass is 368 g/mol. The highest BCUT2D eigenvalue weighted by Gasteiger charge is 2.39. The number of ether oxygens (including phenoxy) is 1. The molecule has 27 heavy (non-hydrogen) atoms. The third-order valence-electron chi connectivity index (χ3n) is 6.48. The van der Waals surface area contributed by atoms with Crippen LogP contribution in [0, 0.1) is 11.8 Å². The smallest absolute Gasteiger partial charge is 0.226 e. The summed E-state index contributed by atoms with van der Waals surface area (Å²) in [5.74, 6) is 1.25. The van der Waals surface area contributed by atoms with Gasteiger partial charge in [-0.15, -0.1) is 0 Å². The van der Waals surface area contributed by atoms with Crippen LogP contribution in [0.5, 0.6) is 0 Å². The van der Waals surface area contributed by atoms with Crippen molar-refractivity contribution in [2.75, 3.05) is 39.4 Å². The molecule has 3 aliphatic rings. The van der Waals surface area contributed by atoms with Gasteiger partial charge in [0.15, 0.2) is 0 Å². The highest BCUT2D eigenvalue weighted by atomic mass is 16.5. The predicted octanol–water partition coefficient (Wildman–Crippen LogP) is 3.44. The van der Waals surface area contributed by atoms with Crippen molar-refractivity contribution in [3.63, 3.8) is 0 Å². The van der Waals surface area contributed by atoms with E-state index in [9.17, 15) is 4.79 Å². The van der Waals surface area contributed by atoms with Crippen LogP contribution >= 0.6 is 0 Å². The second-order valence-electron chi connectivity index (χ2n) is 8.25. The van der Waals surface area contributed by atoms with E-state index in [2.05, 4.69) is 52.3 Å². The van der Waals surface area contributed by atoms with Crippen LogP contribution in [0.1, 0.15) is 37.7 Å². The van der Waals surface area contributed by atoms with E-state index in [0.29, 0.717) is 17.9 Å². The van der Waals surface area contributed by atoms with Crippen molar-refractivity contribution in [2.45, 2.75) is 38.1 Å². The van der Waals surface area contributed by atoms with E-state index in [-0.39, 0.29) is 5.92 Å². The first-order valence-electron chi connectivity index (χ1n) is 10.6. The number of carbonyl (C=O) groups is 1. The molecule has 3 heterocycles. The third kappa shape index (κ3) is 4.61. The molecule has 0 N–H and O–H groups in total. The van der Waals surface area contributed by atoms with Crippen LogP contribution in [0.15, 0.2) is 36.4 Å². The van der Waals surface area contributed by atoms with Gasteiger partial charge in [0.05, 0.1) is 0 Å². The number of fused-ring (bicyclic) bond motifs is 1. The van der Waals surface area contributed by atoms with Gasteiger partial charge in [-0.2, -0.15) is 0 Å². The minimum absolute atomic E-state index is 0.198. The molecule has 0 saturated carbocycles. The Hall–Kier alpha value is -1.65. The lowest BCUT2D eigenvalue weighted by atomic mass is 9.82. The molecule has 3 aliphatic heterocycles. The van der Waals surface area contributed by atoms with E-state index in [0.717, 1.165) is 65.1 Å². The molecule has 0 spiro atoms. The van der Waals surface area contributed by atoms with Crippen LogP contribution in [-0.4, -0.2) is 61.1 Å². The first-order valence-corrected chi connectivity index (χ1v) is 10.6. The van der Waals surface area contributed by atoms with Gasteiger partial charge >= 0.3 is 0 Å². The zero-order valence-corrected chi connectivity index (χ0v) is 16.3. The second-order valence-corrected chi connectivity index (χ2v) is 8.25. The van der Waals surface area contributed by atoms with Gasteiger partial charge in [0, 0.05) is 51.4 Å². The van der Waals surface area contributed by atoms with Crippen LogP contribution in [0.25, 0.3) is 6.08 Å². The van der Waals surface area contributed by atoms with Crippen molar-refractivity contribution in [1.82, 2.24) is 9.80 Å². The Balaban J connectivity index is 1.32. The number of carbonyl (C=O) groups excluding carboxylic acids is 1. The molecular weight excluding hydrogens is 336 g/mol. The summed E-state index contributed by atoms with van der Waals surface area (Å²) in [7, 11) is 0. The zero-order chi connectivity index (χ0) is 18.5. The number of amides is 1. The van der Waals surface area contributed by atoms with Gasteiger partial charge in [-0.05, 0) is 43.6 Å². The molecule has 0 aromatic heterocycles. The summed E-state index contributed by atoms with van der Waals surface area (Å²) < 4.78 is 5.44. The van der Waals surface area contributed by atoms with E-state index >= 15 is 0 Å². The summed E-state index contributed by atoms with van der Waals surface area (Å²) >= 11 is 0. The maximum Gasteiger partial charge on any atom is 0.226 e. The average molecular weight is 369 g/mol. The average Bonchev–Trinajstić information content (AvgIpc) is 2.74. The molecule has 0 aliphatic carbocycles. The summed E-state index contributed by atoms with van der Waals surface area (Å²) in [6.45, 7) is 5.69. The van der Waals surface area contributed by atoms with Gasteiger partial charge < -0.3 is 9.64 Å². The number of rotatable bonds is 4. The summed E-state index contributed by atoms with van der Waals surface area (Å²) in [6, 6.07) is 11.0. The van der Waals surface area contributed by atoms with Crippen molar-refractivity contribution in [3.8, 4) is 0 Å². The first-order chi connectivity index (χ1) is 13.3. The lowest BCUT2D eigenvalue weighted by Gasteiger charge is -2.48. The zero-order valence-electron chi connectivity index (χ0n) is 16.3. The minimum atomic E-state index is 0.198. The lowest BCUT2D eigenvalue weighted by Crippen LogP contribution is -2.57. The fourth-order valence-electron chi connectivity index (χ4n) is 5.00. The van der Waals surface area contributed by atoms with Crippen molar-refractivity contribution in [3.05, 3.63) is 42.0 Å². The van der Waals surface area contributed by atoms with Crippen LogP contribution in [0.3, 0.4) is 0 Å². The molecule has 0 bridgehead atoms. The van der Waals surface area contributed by atoms with Crippen LogP contribution < -0.4 is 0 Å². The Kier molecular flexibility index (Phi) is 6.25. The number of hydrogen-bond acceptors (Lipinski definition) is 3. The summed E-state index contributed by atoms with van der Waals surface area (Å²) in [5, 5.41) is 0. The van der Waals surface area contributed by atoms with E-state index in [1.54, 1.807) is 0 Å². The van der Waals surface area contributed by atoms with Crippen molar-refractivity contribution in [1.29, 1.82) is 0 Å². The molecule has 1 aromatic carbocycles. The Morgan fingerprint density at radius 3 is 2.70 bits per heavy atom. The SMILES string of the molecule is O=C(C1CCOCC1)N1CCC[C@@H]2CN(C/C=C/c3ccccc3)CC[C@H]21. The van der Waals surface area contributed by atoms with Crippen molar-refractivity contribution < 1.29 is 9.53 Å². The van der Waals surface area contributed by atoms with Gasteiger partial charge in [-0.25, -0.2) is 0 Å². The Labute approximate surface area is 163 Å². The predicted molar refractivity (Wildman–Crippen MR) is 108 cm³/mol. The fourth-order valence-corrected chi connectivity index (χ4v) is 5.00. The number of hydrogen-bond donors (Lipinski definition) is 0. The van der Waals surface area contributed by atoms with Crippen LogP contribution in [0.4, 0.5) is 0 Å². The maximum atomic E-state index is 13.1. The number of likely N-dealkylation sites (tertiary alicyclic amines) is 2. The molecular formula is C23H32N2O2. The summed E-state index contributed by atoms with van der Waals surface area (Å²) in [4.78, 5) is 17.9. The van der Waals surface area contributed by atoms with Gasteiger partial charge in [0.1, 0.15) is 0 Å². The van der Waals surface area contributed by atoms with Gasteiger partial charge in [0.2, 0.25) is 5.91 Å². The molecule has 1 aromatic rings. The molecule has 3 saturated heterocycles. The molecule has 1 amide bonds. The summed E-state index contributed by atoms with van der Waals surface area (Å²) in [6.07, 6.45) is 9.85. The molecule has 2 atom stereocenters. The van der Waals surface area contributed by atoms with Crippen LogP contribution in [0.2, 0.25) is 0 Å². The molecule has 0 radical (unpaired) electrons. The second kappa shape index (κ2) is 9.03. The standard InChI is InChI=1S/C23H32N2O2/c26-23(20-11-16-27-17-12-20)25-14-5-9-21-18-24(15-10-22(21)25)13-4-8-19-6-2-1-3-7-19/h1-4,6-8,20-22H,5,9-18H2/b8-4+/t21-,22-/m1/s1. The maximum absolute atomic E-state index is 13.1. The molecule has 4 rings (SSSR count). The number of benzene rings is 1. The van der Waals surface area contributed by atoms with Gasteiger partial charge in [-0.3, -0.25) is 9.69 Å². The quantitative estimate of drug-likeness (QED) is 0.816. The van der Waals surface area contributed by atoms with Crippen molar-refractivity contribution >= 4 is 12.0 Å². The van der Waals surface area contributed by atoms with Crippen LogP contribution in [-0.2, 0) is 9.53 Å². The van der Waals surface area contributed by atoms with E-state index in [1.165, 1.54) is 12.0 Å². The Bertz CT molecular complexity index is 639. The number of nitrogens with zero attached hydrogens (tertiary/aromatic N) is 2. The molecule has 4 heteroatoms. The number of piperidine rings is 2. The third-order valence-corrected chi connectivity index (χ3v) is 6.48. The molecule has 4 nitrogen and oxygen atoms in total.